The van der Waals surface area contributed by atoms with Crippen LogP contribution in [0, 0.1) is 6.92 Å². The van der Waals surface area contributed by atoms with Crippen LogP contribution in [-0.4, -0.2) is 34.0 Å². The Kier molecular flexibility index (Phi) is 5.30. The van der Waals surface area contributed by atoms with Crippen LogP contribution in [0.2, 0.25) is 0 Å². The van der Waals surface area contributed by atoms with E-state index < -0.39 is 0 Å². The number of anilines is 2. The van der Waals surface area contributed by atoms with E-state index in [1.807, 2.05) is 12.1 Å². The number of hydrogen-bond acceptors (Lipinski definition) is 4. The highest BCUT2D eigenvalue weighted by Gasteiger charge is 2.32. The average molecular weight is 417 g/mol. The summed E-state index contributed by atoms with van der Waals surface area (Å²) in [5.74, 6) is 1.57. The van der Waals surface area contributed by atoms with Gasteiger partial charge in [0.2, 0.25) is 0 Å². The molecule has 3 heterocycles. The highest BCUT2D eigenvalue weighted by atomic mass is 16.1. The fourth-order valence-electron chi connectivity index (χ4n) is 4.98. The molecule has 5 rings (SSSR count). The van der Waals surface area contributed by atoms with Gasteiger partial charge < -0.3 is 15.2 Å². The van der Waals surface area contributed by atoms with Crippen molar-refractivity contribution in [1.82, 2.24) is 14.9 Å². The second-order valence-corrected chi connectivity index (χ2v) is 9.56. The maximum Gasteiger partial charge on any atom is 0.259 e. The maximum atomic E-state index is 12.5. The van der Waals surface area contributed by atoms with Crippen LogP contribution in [0.1, 0.15) is 68.2 Å². The molecule has 0 radical (unpaired) electrons. The molecule has 2 aromatic heterocycles. The minimum absolute atomic E-state index is 0.112. The molecule has 2 N–H and O–H groups in total. The number of fused-ring (bicyclic) bond motifs is 1. The SMILES string of the molecule is Cc1cc(Nc2nc(C(C)C)cc3cc[nH]c(=O)c23)ccc1C1CCN(C2CC2)CC1. The third-order valence-electron chi connectivity index (χ3n) is 6.93. The number of rotatable bonds is 5. The van der Waals surface area contributed by atoms with Crippen molar-refractivity contribution in [2.75, 3.05) is 18.4 Å². The molecule has 0 bridgehead atoms. The Labute approximate surface area is 183 Å². The topological polar surface area (TPSA) is 61.0 Å². The number of aryl methyl sites for hydroxylation is 1. The van der Waals surface area contributed by atoms with Crippen LogP contribution in [0.15, 0.2) is 41.3 Å². The number of likely N-dealkylation sites (tertiary alicyclic amines) is 1. The van der Waals surface area contributed by atoms with Crippen LogP contribution in [0.25, 0.3) is 10.8 Å². The first-order chi connectivity index (χ1) is 15.0. The molecule has 2 fully saturated rings. The minimum Gasteiger partial charge on any atom is -0.340 e. The molecule has 0 spiro atoms. The van der Waals surface area contributed by atoms with Crippen molar-refractivity contribution in [2.45, 2.75) is 64.3 Å². The Morgan fingerprint density at radius 1 is 1.10 bits per heavy atom. The number of hydrogen-bond donors (Lipinski definition) is 2. The quantitative estimate of drug-likeness (QED) is 0.581. The van der Waals surface area contributed by atoms with Gasteiger partial charge in [-0.15, -0.1) is 0 Å². The van der Waals surface area contributed by atoms with Crippen molar-refractivity contribution >= 4 is 22.3 Å². The van der Waals surface area contributed by atoms with Crippen molar-refractivity contribution in [3.05, 3.63) is 63.7 Å². The molecule has 5 heteroatoms. The number of H-pyrrole nitrogens is 1. The highest BCUT2D eigenvalue weighted by molar-refractivity contribution is 5.92. The second-order valence-electron chi connectivity index (χ2n) is 9.56. The Hall–Kier alpha value is -2.66. The third-order valence-corrected chi connectivity index (χ3v) is 6.93. The van der Waals surface area contributed by atoms with Crippen LogP contribution < -0.4 is 10.9 Å². The molecule has 1 saturated heterocycles. The first kappa shape index (κ1) is 20.3. The van der Waals surface area contributed by atoms with Gasteiger partial charge in [0.05, 0.1) is 5.39 Å². The van der Waals surface area contributed by atoms with Gasteiger partial charge in [-0.25, -0.2) is 4.98 Å². The maximum absolute atomic E-state index is 12.5. The van der Waals surface area contributed by atoms with Gasteiger partial charge in [0, 0.05) is 23.6 Å². The van der Waals surface area contributed by atoms with Crippen molar-refractivity contribution in [3.63, 3.8) is 0 Å². The molecule has 5 nitrogen and oxygen atoms in total. The fraction of sp³-hybridized carbons (Fsp3) is 0.462. The predicted molar refractivity (Wildman–Crippen MR) is 127 cm³/mol. The fourth-order valence-corrected chi connectivity index (χ4v) is 4.98. The summed E-state index contributed by atoms with van der Waals surface area (Å²) >= 11 is 0. The van der Waals surface area contributed by atoms with E-state index in [2.05, 4.69) is 54.2 Å². The normalized spacial score (nSPS) is 18.1. The van der Waals surface area contributed by atoms with Crippen LogP contribution >= 0.6 is 0 Å². The molecule has 0 atom stereocenters. The van der Waals surface area contributed by atoms with Gasteiger partial charge in [0.1, 0.15) is 5.82 Å². The third kappa shape index (κ3) is 4.11. The van der Waals surface area contributed by atoms with E-state index >= 15 is 0 Å². The summed E-state index contributed by atoms with van der Waals surface area (Å²) in [6.07, 6.45) is 7.00. The van der Waals surface area contributed by atoms with Crippen molar-refractivity contribution in [2.24, 2.45) is 0 Å². The Morgan fingerprint density at radius 2 is 1.87 bits per heavy atom. The first-order valence-electron chi connectivity index (χ1n) is 11.6. The van der Waals surface area contributed by atoms with Gasteiger partial charge >= 0.3 is 0 Å². The van der Waals surface area contributed by atoms with E-state index in [0.29, 0.717) is 17.1 Å². The molecule has 3 aromatic rings. The monoisotopic (exact) mass is 416 g/mol. The smallest absolute Gasteiger partial charge is 0.259 e. The van der Waals surface area contributed by atoms with E-state index in [9.17, 15) is 4.79 Å². The van der Waals surface area contributed by atoms with Crippen LogP contribution in [0.4, 0.5) is 11.5 Å². The van der Waals surface area contributed by atoms with E-state index in [0.717, 1.165) is 22.8 Å². The largest absolute Gasteiger partial charge is 0.340 e. The lowest BCUT2D eigenvalue weighted by Gasteiger charge is -2.33. The first-order valence-corrected chi connectivity index (χ1v) is 11.6. The number of aromatic nitrogens is 2. The van der Waals surface area contributed by atoms with Gasteiger partial charge in [-0.2, -0.15) is 0 Å². The summed E-state index contributed by atoms with van der Waals surface area (Å²) in [5, 5.41) is 4.97. The van der Waals surface area contributed by atoms with Crippen molar-refractivity contribution in [3.8, 4) is 0 Å². The summed E-state index contributed by atoms with van der Waals surface area (Å²) in [5.41, 5.74) is 4.63. The number of pyridine rings is 2. The zero-order valence-corrected chi connectivity index (χ0v) is 18.7. The molecule has 31 heavy (non-hydrogen) atoms. The van der Waals surface area contributed by atoms with Gasteiger partial charge in [0.15, 0.2) is 0 Å². The number of nitrogens with one attached hydrogen (secondary N) is 2. The van der Waals surface area contributed by atoms with Gasteiger partial charge in [-0.1, -0.05) is 19.9 Å². The molecular weight excluding hydrogens is 384 g/mol. The average Bonchev–Trinajstić information content (AvgIpc) is 3.59. The highest BCUT2D eigenvalue weighted by Crippen LogP contribution is 2.36. The summed E-state index contributed by atoms with van der Waals surface area (Å²) in [7, 11) is 0. The van der Waals surface area contributed by atoms with Crippen LogP contribution in [-0.2, 0) is 0 Å². The molecule has 1 aromatic carbocycles. The molecule has 1 saturated carbocycles. The van der Waals surface area contributed by atoms with Crippen LogP contribution in [0.3, 0.4) is 0 Å². The molecular formula is C26H32N4O. The summed E-state index contributed by atoms with van der Waals surface area (Å²) < 4.78 is 0. The molecule has 1 aliphatic carbocycles. The van der Waals surface area contributed by atoms with Gasteiger partial charge in [-0.3, -0.25) is 4.79 Å². The minimum atomic E-state index is -0.112. The van der Waals surface area contributed by atoms with Gasteiger partial charge in [-0.05, 0) is 98.3 Å². The molecule has 1 aliphatic heterocycles. The number of piperidine rings is 1. The van der Waals surface area contributed by atoms with E-state index in [-0.39, 0.29) is 11.5 Å². The standard InChI is InChI=1S/C26H32N4O/c1-16(2)23-15-19-8-11-27-26(31)24(19)25(29-23)28-20-4-7-22(17(3)14-20)18-9-12-30(13-10-18)21-5-6-21/h4,7-8,11,14-16,18,21H,5-6,9-10,12-13H2,1-3H3,(H,27,31)(H,28,29). The molecule has 0 unspecified atom stereocenters. The second kappa shape index (κ2) is 8.12. The number of aromatic amines is 1. The number of nitrogens with zero attached hydrogens (tertiary/aromatic N) is 2. The molecule has 0 amide bonds. The summed E-state index contributed by atoms with van der Waals surface area (Å²) in [4.78, 5) is 22.8. The van der Waals surface area contributed by atoms with E-state index in [4.69, 9.17) is 4.98 Å². The van der Waals surface area contributed by atoms with Gasteiger partial charge in [0.25, 0.3) is 5.56 Å². The molecule has 162 valence electrons. The van der Waals surface area contributed by atoms with Crippen molar-refractivity contribution < 1.29 is 0 Å². The lowest BCUT2D eigenvalue weighted by molar-refractivity contribution is 0.203. The summed E-state index contributed by atoms with van der Waals surface area (Å²) in [6, 6.07) is 11.5. The summed E-state index contributed by atoms with van der Waals surface area (Å²) in [6.45, 7) is 8.92. The zero-order chi connectivity index (χ0) is 21.5. The Bertz CT molecular complexity index is 1150. The lowest BCUT2D eigenvalue weighted by Crippen LogP contribution is -2.34. The predicted octanol–water partition coefficient (Wildman–Crippen LogP) is 5.44. The molecule has 2 aliphatic rings. The van der Waals surface area contributed by atoms with Crippen molar-refractivity contribution in [1.29, 1.82) is 0 Å². The Morgan fingerprint density at radius 3 is 2.55 bits per heavy atom. The van der Waals surface area contributed by atoms with E-state index in [1.54, 1.807) is 6.20 Å². The zero-order valence-electron chi connectivity index (χ0n) is 18.7. The lowest BCUT2D eigenvalue weighted by atomic mass is 9.86. The Balaban J connectivity index is 1.41. The van der Waals surface area contributed by atoms with Crippen LogP contribution in [0.5, 0.6) is 0 Å². The van der Waals surface area contributed by atoms with E-state index in [1.165, 1.54) is 49.9 Å². The number of benzene rings is 1.